The van der Waals surface area contributed by atoms with Crippen LogP contribution in [-0.2, 0) is 0 Å². The van der Waals surface area contributed by atoms with Gasteiger partial charge in [0.2, 0.25) is 0 Å². The summed E-state index contributed by atoms with van der Waals surface area (Å²) < 4.78 is 4.22. The zero-order valence-corrected chi connectivity index (χ0v) is 14.0. The Balaban J connectivity index is 2.24. The Morgan fingerprint density at radius 3 is 1.95 bits per heavy atom. The molecule has 4 aromatic rings. The van der Waals surface area contributed by atoms with Crippen molar-refractivity contribution >= 4 is 53.7 Å². The predicted molar refractivity (Wildman–Crippen MR) is 91.8 cm³/mol. The van der Waals surface area contributed by atoms with Crippen LogP contribution in [0.15, 0.2) is 63.9 Å². The molecular weight excluding hydrogens is 394 g/mol. The van der Waals surface area contributed by atoms with E-state index in [-0.39, 0.29) is 0 Å². The standard InChI is InChI=1S/C16H9Br2N3/c17-10-1-3-12-13-4-2-11(18)8-15(13)21(14(12)7-10)16-9-19-5-6-20-16/h1-9H. The quantitative estimate of drug-likeness (QED) is 0.443. The molecule has 21 heavy (non-hydrogen) atoms. The molecule has 3 nitrogen and oxygen atoms in total. The third-order valence-corrected chi connectivity index (χ3v) is 4.46. The van der Waals surface area contributed by atoms with Gasteiger partial charge in [0.05, 0.1) is 17.2 Å². The largest absolute Gasteiger partial charge is 0.292 e. The lowest BCUT2D eigenvalue weighted by Gasteiger charge is -2.05. The highest BCUT2D eigenvalue weighted by Gasteiger charge is 2.13. The molecule has 0 aliphatic heterocycles. The van der Waals surface area contributed by atoms with Crippen LogP contribution in [0.1, 0.15) is 0 Å². The zero-order valence-electron chi connectivity index (χ0n) is 10.8. The van der Waals surface area contributed by atoms with Crippen molar-refractivity contribution in [2.45, 2.75) is 0 Å². The van der Waals surface area contributed by atoms with E-state index in [1.807, 2.05) is 0 Å². The normalized spacial score (nSPS) is 11.3. The maximum atomic E-state index is 4.45. The highest BCUT2D eigenvalue weighted by Crippen LogP contribution is 2.34. The lowest BCUT2D eigenvalue weighted by atomic mass is 10.2. The summed E-state index contributed by atoms with van der Waals surface area (Å²) in [6, 6.07) is 12.6. The van der Waals surface area contributed by atoms with E-state index < -0.39 is 0 Å². The molecule has 102 valence electrons. The van der Waals surface area contributed by atoms with E-state index in [4.69, 9.17) is 0 Å². The van der Waals surface area contributed by atoms with Gasteiger partial charge in [-0.3, -0.25) is 9.55 Å². The van der Waals surface area contributed by atoms with Crippen LogP contribution in [0.25, 0.3) is 27.6 Å². The molecule has 0 saturated heterocycles. The average molecular weight is 403 g/mol. The van der Waals surface area contributed by atoms with Crippen molar-refractivity contribution in [3.8, 4) is 5.82 Å². The first-order valence-corrected chi connectivity index (χ1v) is 7.98. The number of rotatable bonds is 1. The number of fused-ring (bicyclic) bond motifs is 3. The second-order valence-corrected chi connectivity index (χ2v) is 6.55. The van der Waals surface area contributed by atoms with Gasteiger partial charge in [-0.05, 0) is 24.3 Å². The molecule has 5 heteroatoms. The fourth-order valence-corrected chi connectivity index (χ4v) is 3.32. The van der Waals surface area contributed by atoms with E-state index in [0.29, 0.717) is 0 Å². The topological polar surface area (TPSA) is 30.7 Å². The predicted octanol–water partition coefficient (Wildman–Crippen LogP) is 5.10. The van der Waals surface area contributed by atoms with Crippen LogP contribution in [0.4, 0.5) is 0 Å². The van der Waals surface area contributed by atoms with Crippen molar-refractivity contribution in [1.29, 1.82) is 0 Å². The lowest BCUT2D eigenvalue weighted by Crippen LogP contribution is -1.97. The van der Waals surface area contributed by atoms with Crippen LogP contribution in [0.3, 0.4) is 0 Å². The van der Waals surface area contributed by atoms with Crippen molar-refractivity contribution in [3.63, 3.8) is 0 Å². The fourth-order valence-electron chi connectivity index (χ4n) is 2.62. The second kappa shape index (κ2) is 4.93. The third-order valence-electron chi connectivity index (χ3n) is 3.47. The summed E-state index contributed by atoms with van der Waals surface area (Å²) in [5.74, 6) is 0.814. The van der Waals surface area contributed by atoms with Crippen molar-refractivity contribution in [1.82, 2.24) is 14.5 Å². The molecular formula is C16H9Br2N3. The first-order valence-electron chi connectivity index (χ1n) is 6.40. The Bertz CT molecular complexity index is 902. The van der Waals surface area contributed by atoms with Crippen LogP contribution in [0.5, 0.6) is 0 Å². The minimum atomic E-state index is 0.814. The van der Waals surface area contributed by atoms with E-state index in [2.05, 4.69) is 82.8 Å². The molecule has 0 aliphatic carbocycles. The molecule has 0 atom stereocenters. The van der Waals surface area contributed by atoms with Crippen LogP contribution < -0.4 is 0 Å². The van der Waals surface area contributed by atoms with Gasteiger partial charge < -0.3 is 0 Å². The first kappa shape index (κ1) is 13.0. The third kappa shape index (κ3) is 2.08. The molecule has 0 radical (unpaired) electrons. The van der Waals surface area contributed by atoms with Gasteiger partial charge in [-0.15, -0.1) is 0 Å². The van der Waals surface area contributed by atoms with Crippen LogP contribution >= 0.6 is 31.9 Å². The summed E-state index contributed by atoms with van der Waals surface area (Å²) in [6.45, 7) is 0. The number of benzene rings is 2. The SMILES string of the molecule is Brc1ccc2c3ccc(Br)cc3n(-c3cnccn3)c2c1. The van der Waals surface area contributed by atoms with Gasteiger partial charge in [0.25, 0.3) is 0 Å². The summed E-state index contributed by atoms with van der Waals surface area (Å²) >= 11 is 7.10. The lowest BCUT2D eigenvalue weighted by molar-refractivity contribution is 1.04. The zero-order chi connectivity index (χ0) is 14.4. The number of hydrogen-bond acceptors (Lipinski definition) is 2. The molecule has 0 N–H and O–H groups in total. The highest BCUT2D eigenvalue weighted by molar-refractivity contribution is 9.10. The Morgan fingerprint density at radius 2 is 1.43 bits per heavy atom. The molecule has 0 spiro atoms. The van der Waals surface area contributed by atoms with Crippen LogP contribution in [0, 0.1) is 0 Å². The van der Waals surface area contributed by atoms with E-state index in [1.54, 1.807) is 18.6 Å². The van der Waals surface area contributed by atoms with Gasteiger partial charge in [-0.25, -0.2) is 4.98 Å². The number of halogens is 2. The molecule has 0 unspecified atom stereocenters. The van der Waals surface area contributed by atoms with Crippen molar-refractivity contribution in [2.24, 2.45) is 0 Å². The number of aromatic nitrogens is 3. The molecule has 0 fully saturated rings. The highest BCUT2D eigenvalue weighted by atomic mass is 79.9. The van der Waals surface area contributed by atoms with Crippen molar-refractivity contribution in [3.05, 3.63) is 63.9 Å². The summed E-state index contributed by atoms with van der Waals surface area (Å²) in [4.78, 5) is 8.64. The number of nitrogens with zero attached hydrogens (tertiary/aromatic N) is 3. The van der Waals surface area contributed by atoms with Crippen molar-refractivity contribution in [2.75, 3.05) is 0 Å². The summed E-state index contributed by atoms with van der Waals surface area (Å²) in [5.41, 5.74) is 2.22. The summed E-state index contributed by atoms with van der Waals surface area (Å²) in [6.07, 6.45) is 5.17. The van der Waals surface area contributed by atoms with E-state index in [1.165, 1.54) is 10.8 Å². The Hall–Kier alpha value is -1.72. The van der Waals surface area contributed by atoms with Gasteiger partial charge >= 0.3 is 0 Å². The smallest absolute Gasteiger partial charge is 0.156 e. The maximum absolute atomic E-state index is 4.45. The van der Waals surface area contributed by atoms with Gasteiger partial charge in [0.1, 0.15) is 0 Å². The molecule has 2 aromatic heterocycles. The van der Waals surface area contributed by atoms with Gasteiger partial charge in [-0.1, -0.05) is 44.0 Å². The van der Waals surface area contributed by atoms with E-state index >= 15 is 0 Å². The van der Waals surface area contributed by atoms with Crippen LogP contribution in [-0.4, -0.2) is 14.5 Å². The average Bonchev–Trinajstić information content (AvgIpc) is 2.80. The molecule has 0 bridgehead atoms. The van der Waals surface area contributed by atoms with E-state index in [0.717, 1.165) is 25.8 Å². The Kier molecular flexibility index (Phi) is 3.05. The summed E-state index contributed by atoms with van der Waals surface area (Å²) in [7, 11) is 0. The molecule has 2 heterocycles. The first-order chi connectivity index (χ1) is 10.2. The molecule has 4 rings (SSSR count). The molecule has 0 amide bonds. The molecule has 0 aliphatic rings. The van der Waals surface area contributed by atoms with E-state index in [9.17, 15) is 0 Å². The van der Waals surface area contributed by atoms with Gasteiger partial charge in [-0.2, -0.15) is 0 Å². The Labute approximate surface area is 137 Å². The number of hydrogen-bond donors (Lipinski definition) is 0. The minimum Gasteiger partial charge on any atom is -0.292 e. The maximum Gasteiger partial charge on any atom is 0.156 e. The van der Waals surface area contributed by atoms with Gasteiger partial charge in [0.15, 0.2) is 5.82 Å². The van der Waals surface area contributed by atoms with Crippen LogP contribution in [0.2, 0.25) is 0 Å². The fraction of sp³-hybridized carbons (Fsp3) is 0. The van der Waals surface area contributed by atoms with Crippen molar-refractivity contribution < 1.29 is 0 Å². The molecule has 0 saturated carbocycles. The molecule has 2 aromatic carbocycles. The minimum absolute atomic E-state index is 0.814. The monoisotopic (exact) mass is 401 g/mol. The Morgan fingerprint density at radius 1 is 0.810 bits per heavy atom. The second-order valence-electron chi connectivity index (χ2n) is 4.72. The van der Waals surface area contributed by atoms with Gasteiger partial charge in [0, 0.05) is 32.1 Å². The summed E-state index contributed by atoms with van der Waals surface area (Å²) in [5, 5.41) is 2.40.